The zero-order valence-electron chi connectivity index (χ0n) is 11.9. The normalized spacial score (nSPS) is 10.7. The van der Waals surface area contributed by atoms with Crippen LogP contribution in [0.2, 0.25) is 0 Å². The first-order valence-corrected chi connectivity index (χ1v) is 6.83. The molecule has 5 nitrogen and oxygen atoms in total. The maximum absolute atomic E-state index is 13.4. The van der Waals surface area contributed by atoms with Crippen molar-refractivity contribution < 1.29 is 22.7 Å². The molecule has 1 aromatic heterocycles. The van der Waals surface area contributed by atoms with E-state index in [1.54, 1.807) is 18.2 Å². The number of rotatable bonds is 5. The van der Waals surface area contributed by atoms with Crippen molar-refractivity contribution in [1.29, 1.82) is 0 Å². The smallest absolute Gasteiger partial charge is 0.251 e. The Morgan fingerprint density at radius 3 is 2.91 bits per heavy atom. The molecule has 1 heterocycles. The number of benzene rings is 2. The summed E-state index contributed by atoms with van der Waals surface area (Å²) >= 11 is 0. The molecule has 2 aromatic carbocycles. The molecule has 0 aliphatic carbocycles. The van der Waals surface area contributed by atoms with Crippen molar-refractivity contribution in [3.8, 4) is 5.75 Å². The van der Waals surface area contributed by atoms with Gasteiger partial charge in [-0.05, 0) is 30.3 Å². The van der Waals surface area contributed by atoms with Crippen molar-refractivity contribution in [2.24, 2.45) is 0 Å². The molecule has 7 heteroatoms. The molecule has 3 rings (SSSR count). The van der Waals surface area contributed by atoms with Crippen LogP contribution < -0.4 is 10.1 Å². The average Bonchev–Trinajstić information content (AvgIpc) is 3.00. The van der Waals surface area contributed by atoms with Crippen LogP contribution in [-0.4, -0.2) is 24.0 Å². The van der Waals surface area contributed by atoms with Crippen LogP contribution in [0.4, 0.5) is 8.78 Å². The number of carbonyl (C=O) groups is 1. The van der Waals surface area contributed by atoms with Crippen LogP contribution in [0.15, 0.2) is 47.2 Å². The molecule has 0 unspecified atom stereocenters. The number of aromatic nitrogens is 1. The van der Waals surface area contributed by atoms with Crippen molar-refractivity contribution in [2.75, 3.05) is 13.2 Å². The van der Waals surface area contributed by atoms with Gasteiger partial charge in [0, 0.05) is 11.6 Å². The Morgan fingerprint density at radius 1 is 1.22 bits per heavy atom. The van der Waals surface area contributed by atoms with Gasteiger partial charge in [0.15, 0.2) is 23.5 Å². The lowest BCUT2D eigenvalue weighted by atomic mass is 10.2. The Morgan fingerprint density at radius 2 is 2.09 bits per heavy atom. The number of nitrogens with one attached hydrogen (secondary N) is 1. The third-order valence-corrected chi connectivity index (χ3v) is 3.13. The molecule has 3 aromatic rings. The number of nitrogens with zero attached hydrogens (tertiary/aromatic N) is 1. The van der Waals surface area contributed by atoms with E-state index < -0.39 is 11.6 Å². The predicted octanol–water partition coefficient (Wildman–Crippen LogP) is 2.91. The molecular formula is C16H12F2N2O3. The van der Waals surface area contributed by atoms with Crippen LogP contribution in [0, 0.1) is 11.6 Å². The van der Waals surface area contributed by atoms with Gasteiger partial charge < -0.3 is 14.5 Å². The maximum atomic E-state index is 13.4. The second-order valence-electron chi connectivity index (χ2n) is 4.71. The standard InChI is InChI=1S/C16H12F2N2O3/c17-11-2-4-14(12(18)8-11)22-6-5-19-16(21)10-1-3-13-15(7-10)23-9-20-13/h1-4,7-9H,5-6H2,(H,19,21). The van der Waals surface area contributed by atoms with E-state index in [0.717, 1.165) is 12.1 Å². The van der Waals surface area contributed by atoms with Gasteiger partial charge >= 0.3 is 0 Å². The molecule has 0 aliphatic heterocycles. The van der Waals surface area contributed by atoms with Gasteiger partial charge in [0.2, 0.25) is 0 Å². The minimum Gasteiger partial charge on any atom is -0.489 e. The highest BCUT2D eigenvalue weighted by atomic mass is 19.1. The fourth-order valence-electron chi connectivity index (χ4n) is 2.02. The summed E-state index contributed by atoms with van der Waals surface area (Å²) in [7, 11) is 0. The molecule has 0 atom stereocenters. The number of oxazole rings is 1. The average molecular weight is 318 g/mol. The quantitative estimate of drug-likeness (QED) is 0.735. The lowest BCUT2D eigenvalue weighted by molar-refractivity contribution is 0.0946. The molecule has 0 fully saturated rings. The minimum atomic E-state index is -0.785. The lowest BCUT2D eigenvalue weighted by Crippen LogP contribution is -2.28. The Bertz CT molecular complexity index is 848. The zero-order chi connectivity index (χ0) is 16.2. The van der Waals surface area contributed by atoms with Gasteiger partial charge in [-0.15, -0.1) is 0 Å². The third-order valence-electron chi connectivity index (χ3n) is 3.13. The number of hydrogen-bond donors (Lipinski definition) is 1. The Labute approximate surface area is 129 Å². The van der Waals surface area contributed by atoms with Gasteiger partial charge in [-0.25, -0.2) is 13.8 Å². The van der Waals surface area contributed by atoms with E-state index in [4.69, 9.17) is 9.15 Å². The molecule has 1 N–H and O–H groups in total. The predicted molar refractivity (Wildman–Crippen MR) is 78.2 cm³/mol. The van der Waals surface area contributed by atoms with Crippen molar-refractivity contribution in [3.05, 3.63) is 60.0 Å². The number of hydrogen-bond acceptors (Lipinski definition) is 4. The van der Waals surface area contributed by atoms with Crippen LogP contribution in [0.3, 0.4) is 0 Å². The number of amides is 1. The first kappa shape index (κ1) is 15.0. The van der Waals surface area contributed by atoms with E-state index >= 15 is 0 Å². The second kappa shape index (κ2) is 6.43. The summed E-state index contributed by atoms with van der Waals surface area (Å²) in [5, 5.41) is 2.63. The van der Waals surface area contributed by atoms with Gasteiger partial charge in [-0.2, -0.15) is 0 Å². The Balaban J connectivity index is 1.52. The van der Waals surface area contributed by atoms with Crippen molar-refractivity contribution in [2.45, 2.75) is 0 Å². The topological polar surface area (TPSA) is 64.4 Å². The van der Waals surface area contributed by atoms with E-state index in [1.807, 2.05) is 0 Å². The molecule has 0 spiro atoms. The maximum Gasteiger partial charge on any atom is 0.251 e. The SMILES string of the molecule is O=C(NCCOc1ccc(F)cc1F)c1ccc2ncoc2c1. The van der Waals surface area contributed by atoms with E-state index in [0.29, 0.717) is 16.7 Å². The molecule has 0 radical (unpaired) electrons. The number of fused-ring (bicyclic) bond motifs is 1. The summed E-state index contributed by atoms with van der Waals surface area (Å²) in [6.07, 6.45) is 1.30. The Kier molecular flexibility index (Phi) is 4.18. The molecule has 0 aliphatic rings. The van der Waals surface area contributed by atoms with E-state index in [1.165, 1.54) is 12.5 Å². The van der Waals surface area contributed by atoms with Gasteiger partial charge in [0.05, 0.1) is 6.54 Å². The summed E-state index contributed by atoms with van der Waals surface area (Å²) in [6.45, 7) is 0.225. The minimum absolute atomic E-state index is 0.0544. The summed E-state index contributed by atoms with van der Waals surface area (Å²) in [4.78, 5) is 15.9. The molecule has 118 valence electrons. The third kappa shape index (κ3) is 3.45. The summed E-state index contributed by atoms with van der Waals surface area (Å²) in [5.74, 6) is -1.84. The largest absolute Gasteiger partial charge is 0.489 e. The first-order chi connectivity index (χ1) is 11.1. The van der Waals surface area contributed by atoms with Crippen LogP contribution >= 0.6 is 0 Å². The molecule has 23 heavy (non-hydrogen) atoms. The molecule has 1 amide bonds. The van der Waals surface area contributed by atoms with Crippen molar-refractivity contribution >= 4 is 17.0 Å². The first-order valence-electron chi connectivity index (χ1n) is 6.83. The number of halogens is 2. The zero-order valence-corrected chi connectivity index (χ0v) is 11.9. The van der Waals surface area contributed by atoms with E-state index in [9.17, 15) is 13.6 Å². The highest BCUT2D eigenvalue weighted by Crippen LogP contribution is 2.17. The summed E-state index contributed by atoms with van der Waals surface area (Å²) < 4.78 is 36.4. The second-order valence-corrected chi connectivity index (χ2v) is 4.71. The fraction of sp³-hybridized carbons (Fsp3) is 0.125. The Hall–Kier alpha value is -2.96. The van der Waals surface area contributed by atoms with Crippen LogP contribution in [0.25, 0.3) is 11.1 Å². The van der Waals surface area contributed by atoms with Crippen molar-refractivity contribution in [3.63, 3.8) is 0 Å². The van der Waals surface area contributed by atoms with E-state index in [2.05, 4.69) is 10.3 Å². The van der Waals surface area contributed by atoms with Gasteiger partial charge in [0.25, 0.3) is 5.91 Å². The molecule has 0 saturated heterocycles. The van der Waals surface area contributed by atoms with Crippen LogP contribution in [-0.2, 0) is 0 Å². The number of carbonyl (C=O) groups excluding carboxylic acids is 1. The van der Waals surface area contributed by atoms with Crippen molar-refractivity contribution in [1.82, 2.24) is 10.3 Å². The van der Waals surface area contributed by atoms with Crippen LogP contribution in [0.5, 0.6) is 5.75 Å². The van der Waals surface area contributed by atoms with E-state index in [-0.39, 0.29) is 24.8 Å². The van der Waals surface area contributed by atoms with Crippen LogP contribution in [0.1, 0.15) is 10.4 Å². The molecule has 0 bridgehead atoms. The molecule has 0 saturated carbocycles. The van der Waals surface area contributed by atoms with Gasteiger partial charge in [-0.1, -0.05) is 0 Å². The highest BCUT2D eigenvalue weighted by molar-refractivity contribution is 5.96. The highest BCUT2D eigenvalue weighted by Gasteiger charge is 2.09. The number of ether oxygens (including phenoxy) is 1. The fourth-order valence-corrected chi connectivity index (χ4v) is 2.02. The van der Waals surface area contributed by atoms with Gasteiger partial charge in [-0.3, -0.25) is 4.79 Å². The van der Waals surface area contributed by atoms with Gasteiger partial charge in [0.1, 0.15) is 17.9 Å². The monoisotopic (exact) mass is 318 g/mol. The molecular weight excluding hydrogens is 306 g/mol. The lowest BCUT2D eigenvalue weighted by Gasteiger charge is -2.08. The summed E-state index contributed by atoms with van der Waals surface area (Å²) in [6, 6.07) is 7.92. The summed E-state index contributed by atoms with van der Waals surface area (Å²) in [5.41, 5.74) is 1.60.